The van der Waals surface area contributed by atoms with E-state index in [0.717, 1.165) is 32.6 Å². The molecule has 0 aliphatic carbocycles. The van der Waals surface area contributed by atoms with Crippen LogP contribution in [0.2, 0.25) is 0 Å². The molecule has 3 rings (SSSR count). The van der Waals surface area contributed by atoms with E-state index in [-0.39, 0.29) is 35.7 Å². The van der Waals surface area contributed by atoms with Gasteiger partial charge in [0.2, 0.25) is 5.91 Å². The van der Waals surface area contributed by atoms with Crippen LogP contribution in [0.4, 0.5) is 0 Å². The SMILES string of the molecule is CC(C)(C)c1ccc(C(=O)N2CSCC2C(=O)N2CCCNCC2)cc1.Cl. The Hall–Kier alpha value is -1.24. The zero-order valence-electron chi connectivity index (χ0n) is 16.4. The molecule has 0 spiro atoms. The lowest BCUT2D eigenvalue weighted by atomic mass is 9.86. The van der Waals surface area contributed by atoms with Gasteiger partial charge in [0.1, 0.15) is 6.04 Å². The number of carbonyl (C=O) groups is 2. The van der Waals surface area contributed by atoms with Crippen LogP contribution in [-0.4, -0.2) is 65.5 Å². The fourth-order valence-electron chi connectivity index (χ4n) is 3.40. The first kappa shape index (κ1) is 22.1. The first-order valence-corrected chi connectivity index (χ1v) is 10.5. The van der Waals surface area contributed by atoms with Gasteiger partial charge >= 0.3 is 0 Å². The lowest BCUT2D eigenvalue weighted by Gasteiger charge is -2.29. The molecule has 1 atom stereocenters. The van der Waals surface area contributed by atoms with Crippen molar-refractivity contribution in [3.63, 3.8) is 0 Å². The van der Waals surface area contributed by atoms with Crippen molar-refractivity contribution >= 4 is 36.0 Å². The summed E-state index contributed by atoms with van der Waals surface area (Å²) in [7, 11) is 0. The molecule has 2 aliphatic heterocycles. The van der Waals surface area contributed by atoms with Gasteiger partial charge < -0.3 is 15.1 Å². The molecule has 2 saturated heterocycles. The first-order valence-electron chi connectivity index (χ1n) is 9.37. The predicted octanol–water partition coefficient (Wildman–Crippen LogP) is 2.74. The summed E-state index contributed by atoms with van der Waals surface area (Å²) in [5, 5.41) is 3.32. The molecule has 0 radical (unpaired) electrons. The number of hydrogen-bond donors (Lipinski definition) is 1. The Kier molecular flexibility index (Phi) is 7.60. The summed E-state index contributed by atoms with van der Waals surface area (Å²) >= 11 is 1.66. The van der Waals surface area contributed by atoms with Gasteiger partial charge in [-0.1, -0.05) is 32.9 Å². The number of nitrogens with one attached hydrogen (secondary N) is 1. The van der Waals surface area contributed by atoms with Crippen LogP contribution in [0.5, 0.6) is 0 Å². The van der Waals surface area contributed by atoms with Gasteiger partial charge in [-0.05, 0) is 36.1 Å². The average Bonchev–Trinajstić information content (AvgIpc) is 2.94. The number of amides is 2. The van der Waals surface area contributed by atoms with E-state index in [0.29, 0.717) is 17.2 Å². The van der Waals surface area contributed by atoms with Gasteiger partial charge in [-0.2, -0.15) is 0 Å². The van der Waals surface area contributed by atoms with Crippen molar-refractivity contribution in [3.8, 4) is 0 Å². The van der Waals surface area contributed by atoms with Crippen LogP contribution in [-0.2, 0) is 10.2 Å². The van der Waals surface area contributed by atoms with Gasteiger partial charge in [0.15, 0.2) is 0 Å². The maximum atomic E-state index is 13.0. The molecule has 0 saturated carbocycles. The van der Waals surface area contributed by atoms with Crippen molar-refractivity contribution in [2.24, 2.45) is 0 Å². The Morgan fingerprint density at radius 1 is 1.11 bits per heavy atom. The fourth-order valence-corrected chi connectivity index (χ4v) is 4.55. The van der Waals surface area contributed by atoms with E-state index in [1.807, 2.05) is 29.2 Å². The molecule has 1 N–H and O–H groups in total. The fraction of sp³-hybridized carbons (Fsp3) is 0.600. The minimum atomic E-state index is -0.340. The standard InChI is InChI=1S/C20H29N3O2S.ClH/c1-20(2,3)16-7-5-15(6-8-16)18(24)23-14-26-13-17(23)19(25)22-11-4-9-21-10-12-22;/h5-8,17,21H,4,9-14H2,1-3H3;1H. The average molecular weight is 412 g/mol. The molecular formula is C20H30ClN3O2S. The zero-order valence-corrected chi connectivity index (χ0v) is 18.0. The summed E-state index contributed by atoms with van der Waals surface area (Å²) in [6.45, 7) is 9.75. The van der Waals surface area contributed by atoms with Gasteiger partial charge in [0, 0.05) is 31.0 Å². The summed E-state index contributed by atoms with van der Waals surface area (Å²) < 4.78 is 0. The molecule has 0 aromatic heterocycles. The topological polar surface area (TPSA) is 52.7 Å². The highest BCUT2D eigenvalue weighted by Gasteiger charge is 2.37. The Balaban J connectivity index is 0.00000261. The van der Waals surface area contributed by atoms with Crippen molar-refractivity contribution in [3.05, 3.63) is 35.4 Å². The monoisotopic (exact) mass is 411 g/mol. The van der Waals surface area contributed by atoms with Crippen molar-refractivity contribution in [2.75, 3.05) is 37.8 Å². The molecule has 27 heavy (non-hydrogen) atoms. The van der Waals surface area contributed by atoms with Crippen LogP contribution in [0, 0.1) is 0 Å². The van der Waals surface area contributed by atoms with Crippen molar-refractivity contribution in [1.29, 1.82) is 0 Å². The minimum Gasteiger partial charge on any atom is -0.340 e. The molecule has 7 heteroatoms. The van der Waals surface area contributed by atoms with Crippen molar-refractivity contribution < 1.29 is 9.59 Å². The summed E-state index contributed by atoms with van der Waals surface area (Å²) in [6.07, 6.45) is 0.966. The third kappa shape index (κ3) is 5.18. The highest BCUT2D eigenvalue weighted by Crippen LogP contribution is 2.26. The van der Waals surface area contributed by atoms with E-state index in [2.05, 4.69) is 26.1 Å². The predicted molar refractivity (Wildman–Crippen MR) is 114 cm³/mol. The van der Waals surface area contributed by atoms with Gasteiger partial charge in [0.25, 0.3) is 5.91 Å². The number of rotatable bonds is 2. The van der Waals surface area contributed by atoms with E-state index in [1.54, 1.807) is 16.7 Å². The van der Waals surface area contributed by atoms with E-state index >= 15 is 0 Å². The number of carbonyl (C=O) groups excluding carboxylic acids is 2. The van der Waals surface area contributed by atoms with Gasteiger partial charge in [-0.25, -0.2) is 0 Å². The number of nitrogens with zero attached hydrogens (tertiary/aromatic N) is 2. The van der Waals surface area contributed by atoms with E-state index in [9.17, 15) is 9.59 Å². The van der Waals surface area contributed by atoms with E-state index in [4.69, 9.17) is 0 Å². The number of halogens is 1. The second-order valence-corrected chi connectivity index (χ2v) is 9.05. The molecule has 2 fully saturated rings. The summed E-state index contributed by atoms with van der Waals surface area (Å²) in [5.74, 6) is 1.33. The van der Waals surface area contributed by atoms with Crippen molar-refractivity contribution in [1.82, 2.24) is 15.1 Å². The van der Waals surface area contributed by atoms with Crippen LogP contribution in [0.15, 0.2) is 24.3 Å². The number of hydrogen-bond acceptors (Lipinski definition) is 4. The zero-order chi connectivity index (χ0) is 18.7. The van der Waals surface area contributed by atoms with Gasteiger partial charge in [-0.15, -0.1) is 24.2 Å². The Bertz CT molecular complexity index is 652. The highest BCUT2D eigenvalue weighted by molar-refractivity contribution is 7.99. The molecule has 1 unspecified atom stereocenters. The molecule has 1 aromatic carbocycles. The second kappa shape index (κ2) is 9.30. The Morgan fingerprint density at radius 2 is 1.81 bits per heavy atom. The molecule has 1 aromatic rings. The smallest absolute Gasteiger partial charge is 0.255 e. The van der Waals surface area contributed by atoms with Crippen molar-refractivity contribution in [2.45, 2.75) is 38.6 Å². The maximum absolute atomic E-state index is 13.0. The second-order valence-electron chi connectivity index (χ2n) is 8.05. The van der Waals surface area contributed by atoms with Crippen LogP contribution >= 0.6 is 24.2 Å². The summed E-state index contributed by atoms with van der Waals surface area (Å²) in [4.78, 5) is 29.6. The van der Waals surface area contributed by atoms with Crippen LogP contribution in [0.3, 0.4) is 0 Å². The van der Waals surface area contributed by atoms with Crippen LogP contribution in [0.1, 0.15) is 43.1 Å². The lowest BCUT2D eigenvalue weighted by Crippen LogP contribution is -2.49. The van der Waals surface area contributed by atoms with E-state index in [1.165, 1.54) is 5.56 Å². The van der Waals surface area contributed by atoms with Gasteiger partial charge in [0.05, 0.1) is 5.88 Å². The first-order chi connectivity index (χ1) is 12.4. The van der Waals surface area contributed by atoms with Crippen LogP contribution < -0.4 is 5.32 Å². The molecule has 150 valence electrons. The number of thioether (sulfide) groups is 1. The largest absolute Gasteiger partial charge is 0.340 e. The number of benzene rings is 1. The minimum absolute atomic E-state index is 0. The Labute approximate surface area is 172 Å². The molecule has 2 heterocycles. The molecule has 5 nitrogen and oxygen atoms in total. The third-order valence-electron chi connectivity index (χ3n) is 5.08. The molecule has 2 amide bonds. The Morgan fingerprint density at radius 3 is 2.48 bits per heavy atom. The highest BCUT2D eigenvalue weighted by atomic mass is 35.5. The summed E-state index contributed by atoms with van der Waals surface area (Å²) in [5.41, 5.74) is 1.93. The lowest BCUT2D eigenvalue weighted by molar-refractivity contribution is -0.134. The van der Waals surface area contributed by atoms with Gasteiger partial charge in [-0.3, -0.25) is 9.59 Å². The maximum Gasteiger partial charge on any atom is 0.255 e. The summed E-state index contributed by atoms with van der Waals surface area (Å²) in [6, 6.07) is 7.49. The quantitative estimate of drug-likeness (QED) is 0.813. The molecule has 2 aliphatic rings. The third-order valence-corrected chi connectivity index (χ3v) is 6.09. The van der Waals surface area contributed by atoms with Crippen LogP contribution in [0.25, 0.3) is 0 Å². The molecular weight excluding hydrogens is 382 g/mol. The van der Waals surface area contributed by atoms with E-state index < -0.39 is 0 Å². The normalized spacial score (nSPS) is 20.8. The molecule has 0 bridgehead atoms.